The first kappa shape index (κ1) is 14.9. The van der Waals surface area contributed by atoms with E-state index in [4.69, 9.17) is 27.9 Å². The van der Waals surface area contributed by atoms with Crippen LogP contribution in [0.25, 0.3) is 0 Å². The number of rotatable bonds is 1. The molecule has 1 spiro atoms. The third-order valence-electron chi connectivity index (χ3n) is 4.17. The van der Waals surface area contributed by atoms with Crippen LogP contribution < -0.4 is 5.32 Å². The van der Waals surface area contributed by atoms with Gasteiger partial charge in [-0.2, -0.15) is 0 Å². The Labute approximate surface area is 134 Å². The Morgan fingerprint density at radius 1 is 1.14 bits per heavy atom. The second-order valence-corrected chi connectivity index (χ2v) is 6.47. The van der Waals surface area contributed by atoms with Gasteiger partial charge in [-0.05, 0) is 43.9 Å². The van der Waals surface area contributed by atoms with Crippen LogP contribution in [0.5, 0.6) is 0 Å². The maximum Gasteiger partial charge on any atom is 0.324 e. The molecule has 2 amide bonds. The van der Waals surface area contributed by atoms with Gasteiger partial charge in [0, 0.05) is 22.3 Å². The summed E-state index contributed by atoms with van der Waals surface area (Å²) < 4.78 is 5.91. The summed E-state index contributed by atoms with van der Waals surface area (Å²) in [7, 11) is 0. The van der Waals surface area contributed by atoms with Crippen molar-refractivity contribution in [3.8, 4) is 0 Å². The van der Waals surface area contributed by atoms with E-state index in [1.165, 1.54) is 6.42 Å². The van der Waals surface area contributed by atoms with Crippen LogP contribution in [0.4, 0.5) is 10.5 Å². The molecule has 0 aromatic heterocycles. The molecular formula is C15H18Cl2N2O2. The lowest BCUT2D eigenvalue weighted by atomic mass is 9.91. The third-order valence-corrected chi connectivity index (χ3v) is 4.61. The fourth-order valence-electron chi connectivity index (χ4n) is 3.23. The molecule has 2 fully saturated rings. The van der Waals surface area contributed by atoms with Crippen molar-refractivity contribution < 1.29 is 9.53 Å². The smallest absolute Gasteiger partial charge is 0.324 e. The number of nitrogens with one attached hydrogen (secondary N) is 1. The molecule has 0 atom stereocenters. The van der Waals surface area contributed by atoms with Crippen LogP contribution in [-0.4, -0.2) is 29.8 Å². The van der Waals surface area contributed by atoms with Crippen molar-refractivity contribution in [2.24, 2.45) is 0 Å². The van der Waals surface area contributed by atoms with E-state index in [0.717, 1.165) is 25.7 Å². The number of hydrogen-bond donors (Lipinski definition) is 1. The van der Waals surface area contributed by atoms with E-state index in [9.17, 15) is 4.79 Å². The van der Waals surface area contributed by atoms with E-state index < -0.39 is 5.72 Å². The number of urea groups is 1. The summed E-state index contributed by atoms with van der Waals surface area (Å²) in [6, 6.07) is 4.87. The van der Waals surface area contributed by atoms with E-state index in [1.54, 1.807) is 18.2 Å². The quantitative estimate of drug-likeness (QED) is 0.823. The summed E-state index contributed by atoms with van der Waals surface area (Å²) in [6.07, 6.45) is 5.25. The highest BCUT2D eigenvalue weighted by atomic mass is 35.5. The molecule has 1 aliphatic carbocycles. The molecule has 4 nitrogen and oxygen atoms in total. The average molecular weight is 329 g/mol. The summed E-state index contributed by atoms with van der Waals surface area (Å²) in [4.78, 5) is 14.4. The summed E-state index contributed by atoms with van der Waals surface area (Å²) in [6.45, 7) is 1.23. The van der Waals surface area contributed by atoms with Crippen molar-refractivity contribution in [3.63, 3.8) is 0 Å². The van der Waals surface area contributed by atoms with Gasteiger partial charge in [-0.25, -0.2) is 4.79 Å². The molecule has 0 bridgehead atoms. The number of ether oxygens (including phenoxy) is 1. The van der Waals surface area contributed by atoms with Crippen molar-refractivity contribution in [3.05, 3.63) is 28.2 Å². The van der Waals surface area contributed by atoms with E-state index in [2.05, 4.69) is 5.32 Å². The number of benzene rings is 1. The van der Waals surface area contributed by atoms with E-state index in [1.807, 2.05) is 4.90 Å². The largest absolute Gasteiger partial charge is 0.354 e. The van der Waals surface area contributed by atoms with E-state index in [0.29, 0.717) is 28.9 Å². The molecule has 21 heavy (non-hydrogen) atoms. The number of anilines is 1. The Morgan fingerprint density at radius 3 is 2.48 bits per heavy atom. The van der Waals surface area contributed by atoms with E-state index >= 15 is 0 Å². The Balaban J connectivity index is 1.75. The molecule has 1 aromatic carbocycles. The molecule has 6 heteroatoms. The fraction of sp³-hybridized carbons (Fsp3) is 0.533. The van der Waals surface area contributed by atoms with Gasteiger partial charge >= 0.3 is 6.03 Å². The zero-order chi connectivity index (χ0) is 14.9. The van der Waals surface area contributed by atoms with Gasteiger partial charge in [-0.15, -0.1) is 0 Å². The van der Waals surface area contributed by atoms with Gasteiger partial charge in [0.25, 0.3) is 0 Å². The number of carbonyl (C=O) groups is 1. The van der Waals surface area contributed by atoms with Crippen molar-refractivity contribution in [1.82, 2.24) is 4.90 Å². The van der Waals surface area contributed by atoms with Crippen LogP contribution in [-0.2, 0) is 4.74 Å². The zero-order valence-electron chi connectivity index (χ0n) is 11.7. The summed E-state index contributed by atoms with van der Waals surface area (Å²) in [5.41, 5.74) is 0.195. The lowest BCUT2D eigenvalue weighted by Gasteiger charge is -2.39. The maximum absolute atomic E-state index is 12.6. The van der Waals surface area contributed by atoms with Gasteiger partial charge in [0.1, 0.15) is 5.72 Å². The molecule has 0 unspecified atom stereocenters. The van der Waals surface area contributed by atoms with Gasteiger partial charge in [-0.1, -0.05) is 29.6 Å². The van der Waals surface area contributed by atoms with Crippen LogP contribution in [0, 0.1) is 0 Å². The third kappa shape index (κ3) is 3.12. The SMILES string of the molecule is O=C(Nc1cc(Cl)cc(Cl)c1)N1CCOC12CCCCC2. The van der Waals surface area contributed by atoms with Crippen LogP contribution >= 0.6 is 23.2 Å². The molecule has 0 radical (unpaired) electrons. The molecule has 3 rings (SSSR count). The van der Waals surface area contributed by atoms with Crippen molar-refractivity contribution in [2.75, 3.05) is 18.5 Å². The zero-order valence-corrected chi connectivity index (χ0v) is 13.2. The van der Waals surface area contributed by atoms with Crippen molar-refractivity contribution in [1.29, 1.82) is 0 Å². The lowest BCUT2D eigenvalue weighted by molar-refractivity contribution is -0.0867. The highest BCUT2D eigenvalue weighted by molar-refractivity contribution is 6.35. The minimum atomic E-state index is -0.412. The van der Waals surface area contributed by atoms with Gasteiger partial charge < -0.3 is 10.1 Å². The Bertz CT molecular complexity index is 524. The average Bonchev–Trinajstić information content (AvgIpc) is 2.81. The Morgan fingerprint density at radius 2 is 1.81 bits per heavy atom. The van der Waals surface area contributed by atoms with Gasteiger partial charge in [0.2, 0.25) is 0 Å². The summed E-state index contributed by atoms with van der Waals surface area (Å²) in [5, 5.41) is 3.88. The van der Waals surface area contributed by atoms with Gasteiger partial charge in [0.05, 0.1) is 6.61 Å². The standard InChI is InChI=1S/C15H18Cl2N2O2/c16-11-8-12(17)10-13(9-11)18-14(20)19-6-7-21-15(19)4-2-1-3-5-15/h8-10H,1-7H2,(H,18,20). The van der Waals surface area contributed by atoms with Crippen LogP contribution in [0.2, 0.25) is 10.0 Å². The number of carbonyl (C=O) groups excluding carboxylic acids is 1. The number of halogens is 2. The van der Waals surface area contributed by atoms with Crippen molar-refractivity contribution in [2.45, 2.75) is 37.8 Å². The minimum Gasteiger partial charge on any atom is -0.354 e. The van der Waals surface area contributed by atoms with Gasteiger partial charge in [-0.3, -0.25) is 4.90 Å². The molecule has 1 saturated heterocycles. The van der Waals surface area contributed by atoms with Crippen LogP contribution in [0.3, 0.4) is 0 Å². The molecule has 1 N–H and O–H groups in total. The Kier molecular flexibility index (Phi) is 4.29. The molecular weight excluding hydrogens is 311 g/mol. The van der Waals surface area contributed by atoms with Crippen LogP contribution in [0.1, 0.15) is 32.1 Å². The fourth-order valence-corrected chi connectivity index (χ4v) is 3.76. The maximum atomic E-state index is 12.6. The molecule has 1 aliphatic heterocycles. The normalized spacial score (nSPS) is 20.8. The summed E-state index contributed by atoms with van der Waals surface area (Å²) >= 11 is 11.9. The number of hydrogen-bond acceptors (Lipinski definition) is 2. The van der Waals surface area contributed by atoms with Gasteiger partial charge in [0.15, 0.2) is 0 Å². The first-order chi connectivity index (χ1) is 10.1. The second kappa shape index (κ2) is 6.03. The molecule has 1 heterocycles. The molecule has 1 saturated carbocycles. The predicted molar refractivity (Wildman–Crippen MR) is 84.0 cm³/mol. The molecule has 2 aliphatic rings. The first-order valence-corrected chi connectivity index (χ1v) is 8.03. The molecule has 1 aromatic rings. The summed E-state index contributed by atoms with van der Waals surface area (Å²) in [5.74, 6) is 0. The molecule has 114 valence electrons. The second-order valence-electron chi connectivity index (χ2n) is 5.60. The first-order valence-electron chi connectivity index (χ1n) is 7.28. The number of nitrogens with zero attached hydrogens (tertiary/aromatic N) is 1. The van der Waals surface area contributed by atoms with E-state index in [-0.39, 0.29) is 6.03 Å². The highest BCUT2D eigenvalue weighted by Crippen LogP contribution is 2.38. The Hall–Kier alpha value is -0.970. The topological polar surface area (TPSA) is 41.6 Å². The van der Waals surface area contributed by atoms with Crippen LogP contribution in [0.15, 0.2) is 18.2 Å². The lowest BCUT2D eigenvalue weighted by Crippen LogP contribution is -2.51. The highest BCUT2D eigenvalue weighted by Gasteiger charge is 2.45. The minimum absolute atomic E-state index is 0.146. The predicted octanol–water partition coefficient (Wildman–Crippen LogP) is 4.52. The monoisotopic (exact) mass is 328 g/mol. The van der Waals surface area contributed by atoms with Crippen molar-refractivity contribution >= 4 is 34.9 Å². The number of amides is 2.